The zero-order valence-corrected chi connectivity index (χ0v) is 11.3. The molecule has 0 amide bonds. The van der Waals surface area contributed by atoms with Crippen LogP contribution in [0.15, 0.2) is 77.7 Å². The summed E-state index contributed by atoms with van der Waals surface area (Å²) >= 11 is 3.40. The average Bonchev–Trinajstić information content (AvgIpc) is 2.96. The Hall–Kier alpha value is -1.87. The van der Waals surface area contributed by atoms with Gasteiger partial charge in [0.2, 0.25) is 0 Å². The molecular formula is C15H13BrN2. The average molecular weight is 301 g/mol. The molecule has 2 nitrogen and oxygen atoms in total. The fraction of sp³-hybridized carbons (Fsp3) is 0. The highest BCUT2D eigenvalue weighted by Crippen LogP contribution is 2.19. The number of aromatic nitrogens is 2. The Kier molecular flexibility index (Phi) is 4.73. The second-order valence-corrected chi connectivity index (χ2v) is 4.53. The van der Waals surface area contributed by atoms with Crippen LogP contribution < -0.4 is 0 Å². The van der Waals surface area contributed by atoms with Crippen LogP contribution in [0.2, 0.25) is 0 Å². The molecule has 0 saturated carbocycles. The monoisotopic (exact) mass is 300 g/mol. The van der Waals surface area contributed by atoms with Gasteiger partial charge in [0.25, 0.3) is 0 Å². The van der Waals surface area contributed by atoms with Crippen LogP contribution in [-0.2, 0) is 0 Å². The highest BCUT2D eigenvalue weighted by atomic mass is 79.9. The van der Waals surface area contributed by atoms with Gasteiger partial charge in [-0.15, -0.1) is 0 Å². The third kappa shape index (κ3) is 3.86. The number of nitrogens with zero attached hydrogens (tertiary/aromatic N) is 1. The van der Waals surface area contributed by atoms with Crippen molar-refractivity contribution in [2.45, 2.75) is 0 Å². The first kappa shape index (κ1) is 12.6. The minimum absolute atomic E-state index is 1.11. The van der Waals surface area contributed by atoms with E-state index in [9.17, 15) is 0 Å². The van der Waals surface area contributed by atoms with E-state index in [1.165, 1.54) is 5.56 Å². The third-order valence-corrected chi connectivity index (χ3v) is 2.85. The van der Waals surface area contributed by atoms with Crippen molar-refractivity contribution >= 4 is 15.9 Å². The molecule has 2 aromatic heterocycles. The molecule has 18 heavy (non-hydrogen) atoms. The number of halogens is 1. The molecule has 1 aromatic carbocycles. The van der Waals surface area contributed by atoms with Crippen molar-refractivity contribution in [2.75, 3.05) is 0 Å². The highest BCUT2D eigenvalue weighted by Gasteiger charge is 1.95. The molecule has 3 aromatic rings. The predicted molar refractivity (Wildman–Crippen MR) is 78.2 cm³/mol. The van der Waals surface area contributed by atoms with Crippen LogP contribution in [0, 0.1) is 0 Å². The zero-order chi connectivity index (χ0) is 12.6. The standard InChI is InChI=1S/C10H8BrN.C5H5N/c11-9-5-3-8(4-6-9)10-2-1-7-12-10;1-2-4-6-5-3-1/h1-7,12H;1-5H. The maximum Gasteiger partial charge on any atom is 0.0453 e. The molecular weight excluding hydrogens is 288 g/mol. The quantitative estimate of drug-likeness (QED) is 0.703. The van der Waals surface area contributed by atoms with Gasteiger partial charge in [0.15, 0.2) is 0 Å². The number of hydrogen-bond acceptors (Lipinski definition) is 1. The summed E-state index contributed by atoms with van der Waals surface area (Å²) in [4.78, 5) is 6.94. The second-order valence-electron chi connectivity index (χ2n) is 3.62. The molecule has 90 valence electrons. The van der Waals surface area contributed by atoms with Crippen molar-refractivity contribution in [3.63, 3.8) is 0 Å². The van der Waals surface area contributed by atoms with Crippen molar-refractivity contribution in [2.24, 2.45) is 0 Å². The Morgan fingerprint density at radius 3 is 2.00 bits per heavy atom. The number of H-pyrrole nitrogens is 1. The Balaban J connectivity index is 0.000000169. The maximum atomic E-state index is 3.78. The number of pyridine rings is 1. The van der Waals surface area contributed by atoms with Gasteiger partial charge in [-0.25, -0.2) is 0 Å². The van der Waals surface area contributed by atoms with Gasteiger partial charge in [0.05, 0.1) is 0 Å². The summed E-state index contributed by atoms with van der Waals surface area (Å²) in [6, 6.07) is 18.0. The summed E-state index contributed by atoms with van der Waals surface area (Å²) in [6.07, 6.45) is 5.43. The van der Waals surface area contributed by atoms with Gasteiger partial charge >= 0.3 is 0 Å². The topological polar surface area (TPSA) is 28.7 Å². The summed E-state index contributed by atoms with van der Waals surface area (Å²) in [5.41, 5.74) is 2.37. The molecule has 3 heteroatoms. The van der Waals surface area contributed by atoms with E-state index in [1.807, 2.05) is 42.6 Å². The number of aromatic amines is 1. The van der Waals surface area contributed by atoms with Crippen LogP contribution in [0.5, 0.6) is 0 Å². The van der Waals surface area contributed by atoms with E-state index in [-0.39, 0.29) is 0 Å². The predicted octanol–water partition coefficient (Wildman–Crippen LogP) is 4.53. The molecule has 0 bridgehead atoms. The first-order chi connectivity index (χ1) is 8.86. The molecule has 0 unspecified atom stereocenters. The largest absolute Gasteiger partial charge is 0.361 e. The maximum absolute atomic E-state index is 3.78. The zero-order valence-electron chi connectivity index (χ0n) is 9.75. The van der Waals surface area contributed by atoms with Crippen LogP contribution in [-0.4, -0.2) is 9.97 Å². The van der Waals surface area contributed by atoms with Gasteiger partial charge in [-0.05, 0) is 42.0 Å². The molecule has 0 fully saturated rings. The van der Waals surface area contributed by atoms with Crippen LogP contribution in [0.4, 0.5) is 0 Å². The SMILES string of the molecule is Brc1ccc(-c2ccc[nH]2)cc1.c1ccncc1. The van der Waals surface area contributed by atoms with E-state index in [2.05, 4.69) is 44.1 Å². The van der Waals surface area contributed by atoms with E-state index in [0.717, 1.165) is 10.2 Å². The summed E-state index contributed by atoms with van der Waals surface area (Å²) in [5.74, 6) is 0. The molecule has 0 aliphatic rings. The van der Waals surface area contributed by atoms with Crippen LogP contribution in [0.25, 0.3) is 11.3 Å². The lowest BCUT2D eigenvalue weighted by atomic mass is 10.2. The smallest absolute Gasteiger partial charge is 0.0453 e. The molecule has 0 aliphatic carbocycles. The Morgan fingerprint density at radius 2 is 1.56 bits per heavy atom. The number of hydrogen-bond donors (Lipinski definition) is 1. The molecule has 0 aliphatic heterocycles. The summed E-state index contributed by atoms with van der Waals surface area (Å²) in [6.45, 7) is 0. The van der Waals surface area contributed by atoms with Crippen molar-refractivity contribution in [1.82, 2.24) is 9.97 Å². The van der Waals surface area contributed by atoms with E-state index in [1.54, 1.807) is 12.4 Å². The van der Waals surface area contributed by atoms with Crippen LogP contribution in [0.3, 0.4) is 0 Å². The highest BCUT2D eigenvalue weighted by molar-refractivity contribution is 9.10. The van der Waals surface area contributed by atoms with Crippen molar-refractivity contribution in [3.8, 4) is 11.3 Å². The third-order valence-electron chi connectivity index (χ3n) is 2.32. The minimum atomic E-state index is 1.11. The van der Waals surface area contributed by atoms with Crippen molar-refractivity contribution in [1.29, 1.82) is 0 Å². The van der Waals surface area contributed by atoms with Gasteiger partial charge < -0.3 is 4.98 Å². The van der Waals surface area contributed by atoms with Gasteiger partial charge in [0, 0.05) is 28.8 Å². The van der Waals surface area contributed by atoms with E-state index >= 15 is 0 Å². The van der Waals surface area contributed by atoms with E-state index in [4.69, 9.17) is 0 Å². The number of benzene rings is 1. The molecule has 0 atom stereocenters. The van der Waals surface area contributed by atoms with Gasteiger partial charge in [0.1, 0.15) is 0 Å². The Morgan fingerprint density at radius 1 is 0.833 bits per heavy atom. The lowest BCUT2D eigenvalue weighted by Gasteiger charge is -1.96. The van der Waals surface area contributed by atoms with Gasteiger partial charge in [-0.1, -0.05) is 34.1 Å². The van der Waals surface area contributed by atoms with E-state index < -0.39 is 0 Å². The lowest BCUT2D eigenvalue weighted by molar-refractivity contribution is 1.33. The van der Waals surface area contributed by atoms with Crippen LogP contribution >= 0.6 is 15.9 Å². The molecule has 0 saturated heterocycles. The fourth-order valence-corrected chi connectivity index (χ4v) is 1.72. The van der Waals surface area contributed by atoms with Crippen molar-refractivity contribution in [3.05, 3.63) is 77.7 Å². The summed E-state index contributed by atoms with van der Waals surface area (Å²) < 4.78 is 1.11. The molecule has 3 rings (SSSR count). The molecule has 1 N–H and O–H groups in total. The Labute approximate surface area is 115 Å². The van der Waals surface area contributed by atoms with Gasteiger partial charge in [-0.3, -0.25) is 4.98 Å². The molecule has 2 heterocycles. The Bertz CT molecular complexity index is 518. The first-order valence-electron chi connectivity index (χ1n) is 5.60. The number of rotatable bonds is 1. The normalized spacial score (nSPS) is 9.39. The number of nitrogens with one attached hydrogen (secondary N) is 1. The molecule has 0 spiro atoms. The van der Waals surface area contributed by atoms with Crippen LogP contribution in [0.1, 0.15) is 0 Å². The fourth-order valence-electron chi connectivity index (χ4n) is 1.45. The summed E-state index contributed by atoms with van der Waals surface area (Å²) in [7, 11) is 0. The first-order valence-corrected chi connectivity index (χ1v) is 6.40. The summed E-state index contributed by atoms with van der Waals surface area (Å²) in [5, 5.41) is 0. The lowest BCUT2D eigenvalue weighted by Crippen LogP contribution is -1.74. The van der Waals surface area contributed by atoms with E-state index in [0.29, 0.717) is 0 Å². The van der Waals surface area contributed by atoms with Crippen molar-refractivity contribution < 1.29 is 0 Å². The van der Waals surface area contributed by atoms with Gasteiger partial charge in [-0.2, -0.15) is 0 Å². The molecule has 0 radical (unpaired) electrons. The second kappa shape index (κ2) is 6.77. The minimum Gasteiger partial charge on any atom is -0.361 e.